The molecule has 0 radical (unpaired) electrons. The highest BCUT2D eigenvalue weighted by molar-refractivity contribution is 5.83. The number of aliphatic hydroxyl groups excluding tert-OH is 1. The maximum Gasteiger partial charge on any atom is 0.331 e. The van der Waals surface area contributed by atoms with Gasteiger partial charge in [0.25, 0.3) is 0 Å². The summed E-state index contributed by atoms with van der Waals surface area (Å²) in [7, 11) is 1.69. The smallest absolute Gasteiger partial charge is 0.331 e. The summed E-state index contributed by atoms with van der Waals surface area (Å²) in [6, 6.07) is 2.06. The Bertz CT molecular complexity index is 877. The van der Waals surface area contributed by atoms with E-state index in [4.69, 9.17) is 24.1 Å². The number of hydrogen-bond acceptors (Lipinski definition) is 6. The summed E-state index contributed by atoms with van der Waals surface area (Å²) in [6.07, 6.45) is 11.4. The third kappa shape index (κ3) is 11.1. The van der Waals surface area contributed by atoms with E-state index in [9.17, 15) is 4.79 Å². The van der Waals surface area contributed by atoms with E-state index in [1.807, 2.05) is 32.1 Å². The number of carbonyl (C=O) groups is 1. The SMILES string of the molecule is COc1cc(C)c(C=CC(C)=CC=CC(C)=CC(=O)OCCOCCOCCO)c(C)c1C. The summed E-state index contributed by atoms with van der Waals surface area (Å²) in [5.74, 6) is 0.508. The molecular formula is C27H38O6. The van der Waals surface area contributed by atoms with Crippen molar-refractivity contribution in [3.63, 3.8) is 0 Å². The molecule has 0 bridgehead atoms. The largest absolute Gasteiger partial charge is 0.496 e. The summed E-state index contributed by atoms with van der Waals surface area (Å²) in [5.41, 5.74) is 6.62. The molecule has 0 saturated carbocycles. The molecule has 0 saturated heterocycles. The number of esters is 1. The Hall–Kier alpha value is -2.67. The van der Waals surface area contributed by atoms with Crippen molar-refractivity contribution in [1.29, 1.82) is 0 Å². The van der Waals surface area contributed by atoms with E-state index in [2.05, 4.69) is 39.0 Å². The molecule has 0 unspecified atom stereocenters. The van der Waals surface area contributed by atoms with Gasteiger partial charge < -0.3 is 24.1 Å². The number of aryl methyl sites for hydroxylation is 1. The van der Waals surface area contributed by atoms with Crippen molar-refractivity contribution in [2.45, 2.75) is 34.6 Å². The molecule has 0 amide bonds. The zero-order chi connectivity index (χ0) is 24.6. The lowest BCUT2D eigenvalue weighted by Gasteiger charge is -2.13. The van der Waals surface area contributed by atoms with Gasteiger partial charge in [-0.15, -0.1) is 0 Å². The van der Waals surface area contributed by atoms with E-state index in [1.165, 1.54) is 22.8 Å². The lowest BCUT2D eigenvalue weighted by Crippen LogP contribution is -2.12. The molecule has 1 rings (SSSR count). The third-order valence-corrected chi connectivity index (χ3v) is 4.98. The maximum atomic E-state index is 11.8. The average molecular weight is 459 g/mol. The third-order valence-electron chi connectivity index (χ3n) is 4.98. The first-order chi connectivity index (χ1) is 15.8. The van der Waals surface area contributed by atoms with Crippen LogP contribution in [0.4, 0.5) is 0 Å². The lowest BCUT2D eigenvalue weighted by atomic mass is 9.96. The molecule has 1 aromatic carbocycles. The van der Waals surface area contributed by atoms with Crippen LogP contribution < -0.4 is 4.74 Å². The molecular weight excluding hydrogens is 420 g/mol. The van der Waals surface area contributed by atoms with Crippen molar-refractivity contribution in [1.82, 2.24) is 0 Å². The number of hydrogen-bond donors (Lipinski definition) is 1. The number of carbonyl (C=O) groups excluding carboxylic acids is 1. The van der Waals surface area contributed by atoms with Crippen LogP contribution in [0.2, 0.25) is 0 Å². The monoisotopic (exact) mass is 458 g/mol. The Morgan fingerprint density at radius 2 is 1.61 bits per heavy atom. The quantitative estimate of drug-likeness (QED) is 0.189. The van der Waals surface area contributed by atoms with Gasteiger partial charge in [0.1, 0.15) is 12.4 Å². The van der Waals surface area contributed by atoms with Crippen LogP contribution in [-0.4, -0.2) is 57.8 Å². The molecule has 0 fully saturated rings. The summed E-state index contributed by atoms with van der Waals surface area (Å²) < 4.78 is 20.9. The van der Waals surface area contributed by atoms with Gasteiger partial charge in [-0.05, 0) is 68.5 Å². The number of benzene rings is 1. The van der Waals surface area contributed by atoms with Crippen LogP contribution in [0.15, 0.2) is 47.6 Å². The molecule has 0 aliphatic heterocycles. The second-order valence-electron chi connectivity index (χ2n) is 7.67. The predicted molar refractivity (Wildman–Crippen MR) is 133 cm³/mol. The Morgan fingerprint density at radius 1 is 0.939 bits per heavy atom. The van der Waals surface area contributed by atoms with E-state index in [-0.39, 0.29) is 13.2 Å². The van der Waals surface area contributed by atoms with Gasteiger partial charge in [0.05, 0.1) is 40.1 Å². The van der Waals surface area contributed by atoms with E-state index in [0.717, 1.165) is 22.5 Å². The number of methoxy groups -OCH3 is 1. The second kappa shape index (κ2) is 16.0. The molecule has 0 heterocycles. The molecule has 0 aromatic heterocycles. The van der Waals surface area contributed by atoms with Crippen molar-refractivity contribution in [3.05, 3.63) is 69.8 Å². The van der Waals surface area contributed by atoms with Gasteiger partial charge in [-0.1, -0.05) is 36.0 Å². The summed E-state index contributed by atoms with van der Waals surface area (Å²) in [5, 5.41) is 8.59. The molecule has 1 N–H and O–H groups in total. The topological polar surface area (TPSA) is 74.2 Å². The van der Waals surface area contributed by atoms with Crippen LogP contribution in [-0.2, 0) is 19.0 Å². The van der Waals surface area contributed by atoms with Crippen LogP contribution in [0.3, 0.4) is 0 Å². The maximum absolute atomic E-state index is 11.8. The van der Waals surface area contributed by atoms with Crippen molar-refractivity contribution in [2.24, 2.45) is 0 Å². The predicted octanol–water partition coefficient (Wildman–Crippen LogP) is 4.65. The van der Waals surface area contributed by atoms with E-state index in [1.54, 1.807) is 7.11 Å². The number of aliphatic hydroxyl groups is 1. The Labute approximate surface area is 198 Å². The van der Waals surface area contributed by atoms with E-state index >= 15 is 0 Å². The van der Waals surface area contributed by atoms with Crippen molar-refractivity contribution >= 4 is 12.0 Å². The van der Waals surface area contributed by atoms with Crippen molar-refractivity contribution < 1.29 is 28.8 Å². The van der Waals surface area contributed by atoms with Gasteiger partial charge in [0, 0.05) is 6.08 Å². The first-order valence-electron chi connectivity index (χ1n) is 11.1. The highest BCUT2D eigenvalue weighted by atomic mass is 16.6. The molecule has 0 atom stereocenters. The van der Waals surface area contributed by atoms with E-state index in [0.29, 0.717) is 26.4 Å². The average Bonchev–Trinajstić information content (AvgIpc) is 2.77. The highest BCUT2D eigenvalue weighted by Gasteiger charge is 2.08. The van der Waals surface area contributed by atoms with Crippen molar-refractivity contribution in [2.75, 3.05) is 46.8 Å². The van der Waals surface area contributed by atoms with Gasteiger partial charge in [0.2, 0.25) is 0 Å². The first kappa shape index (κ1) is 28.4. The highest BCUT2D eigenvalue weighted by Crippen LogP contribution is 2.28. The minimum absolute atomic E-state index is 0.00733. The molecule has 1 aromatic rings. The molecule has 0 spiro atoms. The number of ether oxygens (including phenoxy) is 4. The van der Waals surface area contributed by atoms with E-state index < -0.39 is 5.97 Å². The molecule has 0 aliphatic rings. The van der Waals surface area contributed by atoms with Crippen molar-refractivity contribution in [3.8, 4) is 5.75 Å². The Morgan fingerprint density at radius 3 is 2.27 bits per heavy atom. The molecule has 0 aliphatic carbocycles. The first-order valence-corrected chi connectivity index (χ1v) is 11.1. The molecule has 182 valence electrons. The van der Waals surface area contributed by atoms with Crippen LogP contribution in [0, 0.1) is 20.8 Å². The van der Waals surface area contributed by atoms with Gasteiger partial charge in [-0.3, -0.25) is 0 Å². The summed E-state index contributed by atoms with van der Waals surface area (Å²) in [6.45, 7) is 11.7. The van der Waals surface area contributed by atoms with Crippen LogP contribution in [0.5, 0.6) is 5.75 Å². The second-order valence-corrected chi connectivity index (χ2v) is 7.67. The minimum atomic E-state index is -0.404. The zero-order valence-electron chi connectivity index (χ0n) is 20.8. The fraction of sp³-hybridized carbons (Fsp3) is 0.444. The zero-order valence-corrected chi connectivity index (χ0v) is 20.8. The van der Waals surface area contributed by atoms with Crippen LogP contribution >= 0.6 is 0 Å². The fourth-order valence-electron chi connectivity index (χ4n) is 3.02. The summed E-state index contributed by atoms with van der Waals surface area (Å²) in [4.78, 5) is 11.8. The number of allylic oxidation sites excluding steroid dienone is 6. The standard InChI is InChI=1S/C27H38O6/c1-20(10-11-25-22(3)19-26(30-6)24(5)23(25)4)8-7-9-21(2)18-27(29)33-17-16-32-15-14-31-13-12-28/h7-11,18-19,28H,12-17H2,1-6H3. The van der Waals surface area contributed by atoms with Gasteiger partial charge in [-0.25, -0.2) is 4.79 Å². The Kier molecular flexibility index (Phi) is 13.8. The molecule has 6 heteroatoms. The molecule has 33 heavy (non-hydrogen) atoms. The van der Waals surface area contributed by atoms with Gasteiger partial charge >= 0.3 is 5.97 Å². The normalized spacial score (nSPS) is 12.7. The Balaban J connectivity index is 2.52. The van der Waals surface area contributed by atoms with Gasteiger partial charge in [0.15, 0.2) is 0 Å². The van der Waals surface area contributed by atoms with Crippen LogP contribution in [0.25, 0.3) is 6.08 Å². The lowest BCUT2D eigenvalue weighted by molar-refractivity contribution is -0.139. The molecule has 6 nitrogen and oxygen atoms in total. The summed E-state index contributed by atoms with van der Waals surface area (Å²) >= 11 is 0. The van der Waals surface area contributed by atoms with Crippen LogP contribution in [0.1, 0.15) is 36.1 Å². The van der Waals surface area contributed by atoms with Gasteiger partial charge in [-0.2, -0.15) is 0 Å². The number of rotatable bonds is 14. The minimum Gasteiger partial charge on any atom is -0.496 e. The fourth-order valence-corrected chi connectivity index (χ4v) is 3.02.